The van der Waals surface area contributed by atoms with Crippen LogP contribution < -0.4 is 21.3 Å². The molecule has 5 rings (SSSR count). The van der Waals surface area contributed by atoms with Crippen molar-refractivity contribution in [1.82, 2.24) is 20.7 Å². The van der Waals surface area contributed by atoms with Gasteiger partial charge in [0.1, 0.15) is 11.2 Å². The number of carbonyl (C=O) groups is 2. The molecule has 5 aromatic rings. The highest BCUT2D eigenvalue weighted by Gasteiger charge is 2.26. The molecule has 0 unspecified atom stereocenters. The van der Waals surface area contributed by atoms with E-state index in [0.717, 1.165) is 18.2 Å². The van der Waals surface area contributed by atoms with Crippen molar-refractivity contribution in [3.05, 3.63) is 124 Å². The normalized spacial score (nSPS) is 11.6. The Labute approximate surface area is 243 Å². The van der Waals surface area contributed by atoms with Crippen LogP contribution in [0.5, 0.6) is 0 Å². The second-order valence-electron chi connectivity index (χ2n) is 9.41. The standard InChI is InChI=1S/C31H25F2N5O5/c32-22-12-11-19(15-23(22)33)29(41)37-38(20-9-5-2-6-10-20)24-13-14-34-28-26(24)25(18-7-3-1-4-8-18)27(31(43)36-28)30(42)35-16-21(40)17-39/h1-15,21,39-40H,16-17H2,(H,35,42)(H,37,41)(H,34,36,43)/t21-/m0/s1. The van der Waals surface area contributed by atoms with E-state index in [4.69, 9.17) is 0 Å². The van der Waals surface area contributed by atoms with E-state index in [1.165, 1.54) is 11.2 Å². The number of para-hydroxylation sites is 1. The van der Waals surface area contributed by atoms with Crippen molar-refractivity contribution >= 4 is 34.2 Å². The molecule has 43 heavy (non-hydrogen) atoms. The number of nitrogens with one attached hydrogen (secondary N) is 3. The molecule has 0 aliphatic carbocycles. The van der Waals surface area contributed by atoms with Gasteiger partial charge in [0.2, 0.25) is 0 Å². The minimum Gasteiger partial charge on any atom is -0.394 e. The van der Waals surface area contributed by atoms with Gasteiger partial charge in [-0.05, 0) is 42.0 Å². The lowest BCUT2D eigenvalue weighted by molar-refractivity contribution is 0.0801. The highest BCUT2D eigenvalue weighted by atomic mass is 19.2. The summed E-state index contributed by atoms with van der Waals surface area (Å²) in [6, 6.07) is 21.5. The first-order valence-electron chi connectivity index (χ1n) is 13.1. The Morgan fingerprint density at radius 3 is 2.30 bits per heavy atom. The number of fused-ring (bicyclic) bond motifs is 1. The third kappa shape index (κ3) is 6.10. The maximum Gasteiger partial charge on any atom is 0.270 e. The topological polar surface area (TPSA) is 148 Å². The van der Waals surface area contributed by atoms with E-state index < -0.39 is 41.7 Å². The molecular weight excluding hydrogens is 560 g/mol. The fourth-order valence-corrected chi connectivity index (χ4v) is 4.51. The molecule has 2 heterocycles. The molecule has 12 heteroatoms. The van der Waals surface area contributed by atoms with Gasteiger partial charge in [0.25, 0.3) is 17.4 Å². The molecule has 0 aliphatic heterocycles. The number of amides is 2. The number of rotatable bonds is 9. The Bertz CT molecular complexity index is 1850. The number of hydrogen-bond donors (Lipinski definition) is 5. The smallest absolute Gasteiger partial charge is 0.270 e. The zero-order chi connectivity index (χ0) is 30.5. The number of anilines is 2. The lowest BCUT2D eigenvalue weighted by Gasteiger charge is -2.27. The zero-order valence-electron chi connectivity index (χ0n) is 22.4. The lowest BCUT2D eigenvalue weighted by atomic mass is 9.95. The average molecular weight is 586 g/mol. The molecule has 0 saturated heterocycles. The maximum atomic E-state index is 14.0. The van der Waals surface area contributed by atoms with Crippen LogP contribution in [0, 0.1) is 11.6 Å². The van der Waals surface area contributed by atoms with Gasteiger partial charge in [-0.3, -0.25) is 24.8 Å². The first-order chi connectivity index (χ1) is 20.8. The van der Waals surface area contributed by atoms with Gasteiger partial charge in [-0.1, -0.05) is 48.5 Å². The molecule has 0 aliphatic rings. The number of aromatic amines is 1. The molecule has 218 valence electrons. The van der Waals surface area contributed by atoms with Crippen LogP contribution in [0.3, 0.4) is 0 Å². The Balaban J connectivity index is 1.75. The molecule has 0 bridgehead atoms. The number of H-pyrrole nitrogens is 1. The predicted octanol–water partition coefficient (Wildman–Crippen LogP) is 3.43. The summed E-state index contributed by atoms with van der Waals surface area (Å²) in [5.74, 6) is -3.89. The first-order valence-corrected chi connectivity index (χ1v) is 13.1. The molecule has 0 radical (unpaired) electrons. The van der Waals surface area contributed by atoms with Crippen molar-refractivity contribution in [3.8, 4) is 11.1 Å². The van der Waals surface area contributed by atoms with Gasteiger partial charge in [0.05, 0.1) is 29.5 Å². The fraction of sp³-hybridized carbons (Fsp3) is 0.0968. The molecule has 10 nitrogen and oxygen atoms in total. The third-order valence-electron chi connectivity index (χ3n) is 6.54. The summed E-state index contributed by atoms with van der Waals surface area (Å²) in [5.41, 5.74) is 2.99. The largest absolute Gasteiger partial charge is 0.394 e. The van der Waals surface area contributed by atoms with Crippen LogP contribution in [-0.4, -0.2) is 51.3 Å². The predicted molar refractivity (Wildman–Crippen MR) is 156 cm³/mol. The molecule has 3 aromatic carbocycles. The van der Waals surface area contributed by atoms with Crippen LogP contribution in [0.4, 0.5) is 20.2 Å². The summed E-state index contributed by atoms with van der Waals surface area (Å²) in [6.07, 6.45) is 0.153. The minimum absolute atomic E-state index is 0.0938. The second-order valence-corrected chi connectivity index (χ2v) is 9.41. The number of pyridine rings is 2. The Morgan fingerprint density at radius 2 is 1.63 bits per heavy atom. The van der Waals surface area contributed by atoms with Crippen LogP contribution in [0.15, 0.2) is 95.9 Å². The van der Waals surface area contributed by atoms with Crippen LogP contribution in [0.1, 0.15) is 20.7 Å². The van der Waals surface area contributed by atoms with Gasteiger partial charge in [0, 0.05) is 23.9 Å². The number of hydrogen-bond acceptors (Lipinski definition) is 7. The van der Waals surface area contributed by atoms with E-state index in [2.05, 4.69) is 20.7 Å². The van der Waals surface area contributed by atoms with Gasteiger partial charge in [-0.25, -0.2) is 13.8 Å². The van der Waals surface area contributed by atoms with Crippen molar-refractivity contribution in [2.75, 3.05) is 18.2 Å². The average Bonchev–Trinajstić information content (AvgIpc) is 3.03. The van der Waals surface area contributed by atoms with Crippen LogP contribution >= 0.6 is 0 Å². The monoisotopic (exact) mass is 585 g/mol. The lowest BCUT2D eigenvalue weighted by Crippen LogP contribution is -2.39. The quantitative estimate of drug-likeness (QED) is 0.167. The number of benzene rings is 3. The van der Waals surface area contributed by atoms with E-state index in [-0.39, 0.29) is 40.0 Å². The molecule has 0 fully saturated rings. The molecule has 5 N–H and O–H groups in total. The summed E-state index contributed by atoms with van der Waals surface area (Å²) in [6.45, 7) is -0.918. The van der Waals surface area contributed by atoms with Crippen LogP contribution in [0.2, 0.25) is 0 Å². The van der Waals surface area contributed by atoms with Gasteiger partial charge in [-0.2, -0.15) is 0 Å². The summed E-state index contributed by atoms with van der Waals surface area (Å²) >= 11 is 0. The molecule has 1 atom stereocenters. The number of halogens is 2. The van der Waals surface area contributed by atoms with E-state index >= 15 is 0 Å². The SMILES string of the molecule is O=C(NN(c1ccccc1)c1ccnc2[nH]c(=O)c(C(=O)NC[C@H](O)CO)c(-c3ccccc3)c12)c1ccc(F)c(F)c1. The molecule has 2 aromatic heterocycles. The highest BCUT2D eigenvalue weighted by molar-refractivity contribution is 6.12. The van der Waals surface area contributed by atoms with Gasteiger partial charge >= 0.3 is 0 Å². The van der Waals surface area contributed by atoms with Crippen LogP contribution in [0.25, 0.3) is 22.2 Å². The number of carbonyl (C=O) groups excluding carboxylic acids is 2. The van der Waals surface area contributed by atoms with Crippen molar-refractivity contribution in [1.29, 1.82) is 0 Å². The number of aliphatic hydroxyl groups is 2. The summed E-state index contributed by atoms with van der Waals surface area (Å²) < 4.78 is 27.6. The van der Waals surface area contributed by atoms with Crippen molar-refractivity contribution < 1.29 is 28.6 Å². The second kappa shape index (κ2) is 12.6. The molecule has 0 spiro atoms. The zero-order valence-corrected chi connectivity index (χ0v) is 22.4. The number of aromatic nitrogens is 2. The molecule has 2 amide bonds. The van der Waals surface area contributed by atoms with Gasteiger partial charge in [-0.15, -0.1) is 0 Å². The van der Waals surface area contributed by atoms with Crippen molar-refractivity contribution in [3.63, 3.8) is 0 Å². The summed E-state index contributed by atoms with van der Waals surface area (Å²) in [5, 5.41) is 23.1. The first kappa shape index (κ1) is 29.0. The van der Waals surface area contributed by atoms with Crippen molar-refractivity contribution in [2.24, 2.45) is 0 Å². The fourth-order valence-electron chi connectivity index (χ4n) is 4.51. The third-order valence-corrected chi connectivity index (χ3v) is 6.54. The summed E-state index contributed by atoms with van der Waals surface area (Å²) in [7, 11) is 0. The maximum absolute atomic E-state index is 14.0. The van der Waals surface area contributed by atoms with E-state index in [9.17, 15) is 33.4 Å². The van der Waals surface area contributed by atoms with E-state index in [1.54, 1.807) is 66.7 Å². The van der Waals surface area contributed by atoms with Crippen LogP contribution in [-0.2, 0) is 0 Å². The van der Waals surface area contributed by atoms with E-state index in [1.807, 2.05) is 0 Å². The van der Waals surface area contributed by atoms with Gasteiger partial charge in [0.15, 0.2) is 11.6 Å². The summed E-state index contributed by atoms with van der Waals surface area (Å²) in [4.78, 5) is 47.0. The van der Waals surface area contributed by atoms with Gasteiger partial charge < -0.3 is 20.5 Å². The van der Waals surface area contributed by atoms with E-state index in [0.29, 0.717) is 11.3 Å². The Kier molecular flexibility index (Phi) is 8.51. The minimum atomic E-state index is -1.25. The van der Waals surface area contributed by atoms with Crippen molar-refractivity contribution in [2.45, 2.75) is 6.10 Å². The number of hydrazine groups is 1. The number of aliphatic hydroxyl groups excluding tert-OH is 2. The highest BCUT2D eigenvalue weighted by Crippen LogP contribution is 2.37. The Hall–Kier alpha value is -5.46. The Morgan fingerprint density at radius 1 is 0.930 bits per heavy atom. The molecule has 0 saturated carbocycles. The molecular formula is C31H25F2N5O5. The number of nitrogens with zero attached hydrogens (tertiary/aromatic N) is 2.